The highest BCUT2D eigenvalue weighted by Crippen LogP contribution is 2.31. The molecule has 0 bridgehead atoms. The van der Waals surface area contributed by atoms with Gasteiger partial charge in [0.1, 0.15) is 17.1 Å². The molecule has 2 aromatic heterocycles. The Bertz CT molecular complexity index is 1010. The van der Waals surface area contributed by atoms with Crippen molar-refractivity contribution >= 4 is 51.5 Å². The maximum absolute atomic E-state index is 12.7. The first-order valence-electron chi connectivity index (χ1n) is 9.88. The van der Waals surface area contributed by atoms with Crippen LogP contribution in [0.15, 0.2) is 5.18 Å². The molecule has 1 amide bonds. The monoisotopic (exact) mass is 503 g/mol. The Balaban J connectivity index is 1.73. The minimum Gasteiger partial charge on any atom is -0.462 e. The van der Waals surface area contributed by atoms with Crippen LogP contribution >= 0.6 is 34.5 Å². The lowest BCUT2D eigenvalue weighted by Gasteiger charge is -2.37. The SMILES string of the molecule is CCOC(=O)c1sc(N2CC[C@@H](NC(=O)c3[nH]c(C)c(Cl)c3Cl)[C@@H](OC)C2)nc1CN=O. The molecule has 3 heterocycles. The maximum Gasteiger partial charge on any atom is 0.350 e. The second-order valence-electron chi connectivity index (χ2n) is 7.12. The quantitative estimate of drug-likeness (QED) is 0.416. The van der Waals surface area contributed by atoms with Crippen LogP contribution in [0.2, 0.25) is 10.0 Å². The van der Waals surface area contributed by atoms with Crippen LogP contribution in [0.1, 0.15) is 44.9 Å². The standard InChI is InChI=1S/C19H23Cl2N5O5S/c1-4-31-18(28)16-11(7-22-29)25-19(32-16)26-6-5-10(12(8-26)30-3)24-17(27)15-14(21)13(20)9(2)23-15/h10,12,23H,4-8H2,1-3H3,(H,24,27)/t10-,12+/m1/s1. The summed E-state index contributed by atoms with van der Waals surface area (Å²) in [6, 6.07) is -0.275. The Morgan fingerprint density at radius 3 is 2.72 bits per heavy atom. The number of thiazole rings is 1. The van der Waals surface area contributed by atoms with E-state index < -0.39 is 5.97 Å². The average molecular weight is 504 g/mol. The number of halogens is 2. The Morgan fingerprint density at radius 2 is 2.12 bits per heavy atom. The van der Waals surface area contributed by atoms with Crippen molar-refractivity contribution in [2.24, 2.45) is 5.18 Å². The van der Waals surface area contributed by atoms with Crippen molar-refractivity contribution in [2.45, 2.75) is 39.0 Å². The Labute approximate surface area is 198 Å². The van der Waals surface area contributed by atoms with Crippen molar-refractivity contribution in [1.82, 2.24) is 15.3 Å². The zero-order chi connectivity index (χ0) is 23.4. The van der Waals surface area contributed by atoms with Crippen molar-refractivity contribution in [3.05, 3.63) is 36.9 Å². The number of piperidine rings is 1. The number of anilines is 1. The summed E-state index contributed by atoms with van der Waals surface area (Å²) in [5, 5.41) is 6.87. The van der Waals surface area contributed by atoms with Gasteiger partial charge in [0.05, 0.1) is 34.5 Å². The molecular weight excluding hydrogens is 481 g/mol. The molecular formula is C19H23Cl2N5O5S. The van der Waals surface area contributed by atoms with Gasteiger partial charge in [-0.25, -0.2) is 9.78 Å². The van der Waals surface area contributed by atoms with Crippen molar-refractivity contribution in [3.63, 3.8) is 0 Å². The number of aromatic amines is 1. The number of methoxy groups -OCH3 is 1. The number of rotatable bonds is 8. The van der Waals surface area contributed by atoms with Gasteiger partial charge in [0.2, 0.25) is 0 Å². The third-order valence-corrected chi connectivity index (χ3v) is 7.18. The van der Waals surface area contributed by atoms with Crippen molar-refractivity contribution in [2.75, 3.05) is 31.7 Å². The Kier molecular flexibility index (Phi) is 8.10. The molecule has 10 nitrogen and oxygen atoms in total. The number of H-pyrrole nitrogens is 1. The highest BCUT2D eigenvalue weighted by atomic mass is 35.5. The number of hydrogen-bond acceptors (Lipinski definition) is 9. The topological polar surface area (TPSA) is 126 Å². The van der Waals surface area contributed by atoms with Gasteiger partial charge < -0.3 is 24.7 Å². The van der Waals surface area contributed by atoms with E-state index in [2.05, 4.69) is 20.5 Å². The van der Waals surface area contributed by atoms with Crippen LogP contribution in [0.3, 0.4) is 0 Å². The summed E-state index contributed by atoms with van der Waals surface area (Å²) in [6.07, 6.45) is 0.214. The molecule has 0 aromatic carbocycles. The average Bonchev–Trinajstić information content (AvgIpc) is 3.31. The third kappa shape index (κ3) is 5.06. The molecule has 1 saturated heterocycles. The number of carbonyl (C=O) groups excluding carboxylic acids is 2. The summed E-state index contributed by atoms with van der Waals surface area (Å²) in [5.41, 5.74) is 1.11. The van der Waals surface area contributed by atoms with E-state index in [0.29, 0.717) is 35.4 Å². The van der Waals surface area contributed by atoms with E-state index in [0.717, 1.165) is 11.3 Å². The van der Waals surface area contributed by atoms with Crippen molar-refractivity contribution < 1.29 is 19.1 Å². The summed E-state index contributed by atoms with van der Waals surface area (Å²) in [6.45, 7) is 4.40. The minimum absolute atomic E-state index is 0.179. The lowest BCUT2D eigenvalue weighted by Crippen LogP contribution is -2.55. The second-order valence-corrected chi connectivity index (χ2v) is 8.86. The van der Waals surface area contributed by atoms with E-state index in [4.69, 9.17) is 32.7 Å². The molecule has 13 heteroatoms. The molecule has 0 saturated carbocycles. The largest absolute Gasteiger partial charge is 0.462 e. The molecule has 174 valence electrons. The van der Waals surface area contributed by atoms with Gasteiger partial charge in [-0.15, -0.1) is 0 Å². The first-order chi connectivity index (χ1) is 15.3. The van der Waals surface area contributed by atoms with Gasteiger partial charge in [-0.3, -0.25) is 4.79 Å². The smallest absolute Gasteiger partial charge is 0.350 e. The van der Waals surface area contributed by atoms with Gasteiger partial charge in [-0.1, -0.05) is 39.7 Å². The number of amides is 1. The van der Waals surface area contributed by atoms with Crippen LogP contribution in [-0.4, -0.2) is 60.8 Å². The zero-order valence-corrected chi connectivity index (χ0v) is 20.1. The molecule has 2 atom stereocenters. The fourth-order valence-electron chi connectivity index (χ4n) is 3.46. The number of carbonyl (C=O) groups is 2. The van der Waals surface area contributed by atoms with Gasteiger partial charge in [0.15, 0.2) is 5.13 Å². The summed E-state index contributed by atoms with van der Waals surface area (Å²) in [5.74, 6) is -0.902. The first kappa shape index (κ1) is 24.4. The van der Waals surface area contributed by atoms with E-state index >= 15 is 0 Å². The number of nitrogens with one attached hydrogen (secondary N) is 2. The summed E-state index contributed by atoms with van der Waals surface area (Å²) < 4.78 is 10.7. The van der Waals surface area contributed by atoms with Gasteiger partial charge >= 0.3 is 5.97 Å². The lowest BCUT2D eigenvalue weighted by atomic mass is 10.0. The number of hydrogen-bond donors (Lipinski definition) is 2. The fourth-order valence-corrected chi connectivity index (χ4v) is 4.88. The molecule has 2 N–H and O–H groups in total. The first-order valence-corrected chi connectivity index (χ1v) is 11.5. The summed E-state index contributed by atoms with van der Waals surface area (Å²) in [7, 11) is 1.56. The molecule has 0 spiro atoms. The van der Waals surface area contributed by atoms with Gasteiger partial charge in [0.25, 0.3) is 5.91 Å². The Hall–Kier alpha value is -2.21. The number of aromatic nitrogens is 2. The summed E-state index contributed by atoms with van der Waals surface area (Å²) >= 11 is 13.4. The van der Waals surface area contributed by atoms with Crippen LogP contribution < -0.4 is 10.2 Å². The molecule has 0 radical (unpaired) electrons. The van der Waals surface area contributed by atoms with E-state index in [-0.39, 0.29) is 52.5 Å². The van der Waals surface area contributed by atoms with Crippen molar-refractivity contribution in [3.8, 4) is 0 Å². The van der Waals surface area contributed by atoms with E-state index in [1.807, 2.05) is 4.90 Å². The molecule has 1 fully saturated rings. The molecule has 3 rings (SSSR count). The number of nitroso groups, excluding NO2 is 1. The van der Waals surface area contributed by atoms with E-state index in [1.54, 1.807) is 21.0 Å². The number of esters is 1. The van der Waals surface area contributed by atoms with Crippen LogP contribution in [0.4, 0.5) is 5.13 Å². The molecule has 1 aliphatic heterocycles. The second kappa shape index (κ2) is 10.6. The van der Waals surface area contributed by atoms with Gasteiger partial charge in [-0.05, 0) is 20.3 Å². The summed E-state index contributed by atoms with van der Waals surface area (Å²) in [4.78, 5) is 45.2. The molecule has 32 heavy (non-hydrogen) atoms. The minimum atomic E-state index is -0.530. The number of nitrogens with zero attached hydrogens (tertiary/aromatic N) is 3. The highest BCUT2D eigenvalue weighted by Gasteiger charge is 2.34. The van der Waals surface area contributed by atoms with Crippen LogP contribution in [0.25, 0.3) is 0 Å². The van der Waals surface area contributed by atoms with E-state index in [9.17, 15) is 14.5 Å². The normalized spacial score (nSPS) is 18.5. The number of aryl methyl sites for hydroxylation is 1. The maximum atomic E-state index is 12.7. The van der Waals surface area contributed by atoms with Gasteiger partial charge in [-0.2, -0.15) is 4.91 Å². The molecule has 1 aliphatic rings. The van der Waals surface area contributed by atoms with Crippen molar-refractivity contribution in [1.29, 1.82) is 0 Å². The van der Waals surface area contributed by atoms with Crippen LogP contribution in [-0.2, 0) is 16.0 Å². The molecule has 2 aromatic rings. The van der Waals surface area contributed by atoms with Crippen LogP contribution in [0, 0.1) is 11.8 Å². The molecule has 0 aliphatic carbocycles. The predicted octanol–water partition coefficient (Wildman–Crippen LogP) is 3.55. The third-order valence-electron chi connectivity index (χ3n) is 5.09. The molecule has 0 unspecified atom stereocenters. The fraction of sp³-hybridized carbons (Fsp3) is 0.526. The highest BCUT2D eigenvalue weighted by molar-refractivity contribution is 7.17. The Morgan fingerprint density at radius 1 is 1.38 bits per heavy atom. The van der Waals surface area contributed by atoms with E-state index in [1.165, 1.54) is 0 Å². The van der Waals surface area contributed by atoms with Crippen LogP contribution in [0.5, 0.6) is 0 Å². The predicted molar refractivity (Wildman–Crippen MR) is 122 cm³/mol. The van der Waals surface area contributed by atoms with Gasteiger partial charge in [0, 0.05) is 25.9 Å². The lowest BCUT2D eigenvalue weighted by molar-refractivity contribution is 0.0529. The zero-order valence-electron chi connectivity index (χ0n) is 17.7. The number of ether oxygens (including phenoxy) is 2.